The highest BCUT2D eigenvalue weighted by Crippen LogP contribution is 2.22. The lowest BCUT2D eigenvalue weighted by Crippen LogP contribution is -2.44. The van der Waals surface area contributed by atoms with Gasteiger partial charge in [0.2, 0.25) is 10.0 Å². The van der Waals surface area contributed by atoms with Crippen LogP contribution in [0.1, 0.15) is 12.8 Å². The maximum Gasteiger partial charge on any atom is 0.215 e. The molecule has 21 heavy (non-hydrogen) atoms. The minimum absolute atomic E-state index is 0.0232. The van der Waals surface area contributed by atoms with Crippen LogP contribution in [0.2, 0.25) is 0 Å². The van der Waals surface area contributed by atoms with Crippen molar-refractivity contribution in [1.29, 1.82) is 0 Å². The Balaban J connectivity index is 1.86. The summed E-state index contributed by atoms with van der Waals surface area (Å²) in [6, 6.07) is 7.49. The lowest BCUT2D eigenvalue weighted by atomic mass is 10.1. The summed E-state index contributed by atoms with van der Waals surface area (Å²) in [4.78, 5) is 0.999. The molecule has 0 radical (unpaired) electrons. The number of nitrogen functional groups attached to an aromatic ring is 1. The fourth-order valence-electron chi connectivity index (χ4n) is 2.35. The van der Waals surface area contributed by atoms with E-state index in [1.807, 2.05) is 24.3 Å². The van der Waals surface area contributed by atoms with Crippen molar-refractivity contribution in [2.75, 3.05) is 37.4 Å². The standard InChI is InChI=1S/C14H22N2O3S2/c1-19-13-5-3-7-16(11-13)21(17,18)9-8-20-14-6-2-4-12(15)10-14/h2,4,6,10,13H,3,5,7-9,11,15H2,1H3. The van der Waals surface area contributed by atoms with Crippen LogP contribution in [0.5, 0.6) is 0 Å². The zero-order valence-corrected chi connectivity index (χ0v) is 13.8. The van der Waals surface area contributed by atoms with Gasteiger partial charge in [0.05, 0.1) is 11.9 Å². The van der Waals surface area contributed by atoms with E-state index in [1.54, 1.807) is 11.4 Å². The Kier molecular flexibility index (Phi) is 5.92. The van der Waals surface area contributed by atoms with Crippen LogP contribution in [-0.2, 0) is 14.8 Å². The zero-order chi connectivity index (χ0) is 15.3. The molecule has 118 valence electrons. The second-order valence-electron chi connectivity index (χ2n) is 5.09. The predicted molar refractivity (Wildman–Crippen MR) is 87.0 cm³/mol. The highest BCUT2D eigenvalue weighted by Gasteiger charge is 2.28. The van der Waals surface area contributed by atoms with Crippen molar-refractivity contribution < 1.29 is 13.2 Å². The first-order chi connectivity index (χ1) is 10.0. The maximum absolute atomic E-state index is 12.3. The van der Waals surface area contributed by atoms with Gasteiger partial charge in [0.15, 0.2) is 0 Å². The molecule has 1 unspecified atom stereocenters. The number of ether oxygens (including phenoxy) is 1. The van der Waals surface area contributed by atoms with Crippen LogP contribution in [0, 0.1) is 0 Å². The molecule has 1 heterocycles. The van der Waals surface area contributed by atoms with Gasteiger partial charge in [0, 0.05) is 36.5 Å². The van der Waals surface area contributed by atoms with E-state index in [0.717, 1.165) is 17.7 Å². The Morgan fingerprint density at radius 3 is 3.00 bits per heavy atom. The molecule has 2 rings (SSSR count). The highest BCUT2D eigenvalue weighted by molar-refractivity contribution is 8.00. The summed E-state index contributed by atoms with van der Waals surface area (Å²) in [5.41, 5.74) is 6.41. The number of thioether (sulfide) groups is 1. The first-order valence-electron chi connectivity index (χ1n) is 7.00. The number of piperidine rings is 1. The van der Waals surface area contributed by atoms with Crippen LogP contribution in [0.25, 0.3) is 0 Å². The number of hydrogen-bond donors (Lipinski definition) is 1. The molecule has 7 heteroatoms. The van der Waals surface area contributed by atoms with Gasteiger partial charge in [-0.1, -0.05) is 6.07 Å². The molecular formula is C14H22N2O3S2. The smallest absolute Gasteiger partial charge is 0.215 e. The van der Waals surface area contributed by atoms with Crippen LogP contribution >= 0.6 is 11.8 Å². The molecule has 1 atom stereocenters. The number of nitrogens with zero attached hydrogens (tertiary/aromatic N) is 1. The monoisotopic (exact) mass is 330 g/mol. The summed E-state index contributed by atoms with van der Waals surface area (Å²) < 4.78 is 31.5. The fraction of sp³-hybridized carbons (Fsp3) is 0.571. The molecule has 1 aromatic rings. The van der Waals surface area contributed by atoms with Gasteiger partial charge in [-0.15, -0.1) is 11.8 Å². The van der Waals surface area contributed by atoms with Gasteiger partial charge in [-0.2, -0.15) is 4.31 Å². The molecule has 1 aliphatic rings. The second-order valence-corrected chi connectivity index (χ2v) is 8.35. The van der Waals surface area contributed by atoms with E-state index in [0.29, 0.717) is 24.5 Å². The van der Waals surface area contributed by atoms with E-state index in [1.165, 1.54) is 11.8 Å². The maximum atomic E-state index is 12.3. The summed E-state index contributed by atoms with van der Waals surface area (Å²) in [7, 11) is -1.57. The van der Waals surface area contributed by atoms with Gasteiger partial charge in [0.25, 0.3) is 0 Å². The van der Waals surface area contributed by atoms with Crippen LogP contribution in [0.4, 0.5) is 5.69 Å². The zero-order valence-electron chi connectivity index (χ0n) is 12.2. The normalized spacial score (nSPS) is 20.5. The summed E-state index contributed by atoms with van der Waals surface area (Å²) in [6.07, 6.45) is 1.82. The molecule has 1 fully saturated rings. The molecule has 1 saturated heterocycles. The van der Waals surface area contributed by atoms with E-state index in [9.17, 15) is 8.42 Å². The quantitative estimate of drug-likeness (QED) is 0.636. The molecule has 5 nitrogen and oxygen atoms in total. The third-order valence-electron chi connectivity index (χ3n) is 3.54. The molecule has 1 aromatic carbocycles. The van der Waals surface area contributed by atoms with Crippen molar-refractivity contribution in [3.8, 4) is 0 Å². The Morgan fingerprint density at radius 2 is 2.29 bits per heavy atom. The largest absolute Gasteiger partial charge is 0.399 e. The molecule has 1 aliphatic heterocycles. The molecule has 0 spiro atoms. The molecular weight excluding hydrogens is 308 g/mol. The van der Waals surface area contributed by atoms with Crippen molar-refractivity contribution in [3.63, 3.8) is 0 Å². The third-order valence-corrected chi connectivity index (χ3v) is 6.63. The molecule has 0 bridgehead atoms. The first-order valence-corrected chi connectivity index (χ1v) is 9.60. The Labute approximate surface area is 130 Å². The number of methoxy groups -OCH3 is 1. The van der Waals surface area contributed by atoms with Crippen molar-refractivity contribution in [1.82, 2.24) is 4.31 Å². The van der Waals surface area contributed by atoms with E-state index < -0.39 is 10.0 Å². The molecule has 2 N–H and O–H groups in total. The van der Waals surface area contributed by atoms with Gasteiger partial charge in [0.1, 0.15) is 0 Å². The number of benzene rings is 1. The van der Waals surface area contributed by atoms with Crippen LogP contribution in [0.3, 0.4) is 0 Å². The minimum atomic E-state index is -3.21. The van der Waals surface area contributed by atoms with E-state index >= 15 is 0 Å². The molecule has 0 amide bonds. The van der Waals surface area contributed by atoms with Gasteiger partial charge < -0.3 is 10.5 Å². The van der Waals surface area contributed by atoms with Crippen molar-refractivity contribution in [2.45, 2.75) is 23.8 Å². The SMILES string of the molecule is COC1CCCN(S(=O)(=O)CCSc2cccc(N)c2)C1. The average Bonchev–Trinajstić information content (AvgIpc) is 2.47. The minimum Gasteiger partial charge on any atom is -0.399 e. The first kappa shape index (κ1) is 16.6. The Bertz CT molecular complexity index is 563. The number of anilines is 1. The summed E-state index contributed by atoms with van der Waals surface area (Å²) in [6.45, 7) is 1.08. The van der Waals surface area contributed by atoms with E-state index in [4.69, 9.17) is 10.5 Å². The number of hydrogen-bond acceptors (Lipinski definition) is 5. The lowest BCUT2D eigenvalue weighted by Gasteiger charge is -2.31. The predicted octanol–water partition coefficient (Wildman–Crippen LogP) is 1.80. The van der Waals surface area contributed by atoms with Crippen LogP contribution < -0.4 is 5.73 Å². The van der Waals surface area contributed by atoms with Gasteiger partial charge in [-0.05, 0) is 31.0 Å². The summed E-state index contributed by atoms with van der Waals surface area (Å²) in [5, 5.41) is 0. The highest BCUT2D eigenvalue weighted by atomic mass is 32.2. The third kappa shape index (κ3) is 4.88. The Hall–Kier alpha value is -0.760. The van der Waals surface area contributed by atoms with Crippen molar-refractivity contribution >= 4 is 27.5 Å². The van der Waals surface area contributed by atoms with Gasteiger partial charge >= 0.3 is 0 Å². The number of rotatable bonds is 6. The van der Waals surface area contributed by atoms with Crippen LogP contribution in [0.15, 0.2) is 29.2 Å². The van der Waals surface area contributed by atoms with Crippen molar-refractivity contribution in [2.24, 2.45) is 0 Å². The molecule has 0 aliphatic carbocycles. The molecule has 0 saturated carbocycles. The average molecular weight is 330 g/mol. The number of nitrogens with two attached hydrogens (primary N) is 1. The number of sulfonamides is 1. The molecule has 0 aromatic heterocycles. The second kappa shape index (κ2) is 7.49. The van der Waals surface area contributed by atoms with Crippen LogP contribution in [-0.4, -0.2) is 50.5 Å². The van der Waals surface area contributed by atoms with Gasteiger partial charge in [-0.25, -0.2) is 8.42 Å². The van der Waals surface area contributed by atoms with E-state index in [2.05, 4.69) is 0 Å². The summed E-state index contributed by atoms with van der Waals surface area (Å²) in [5.74, 6) is 0.669. The topological polar surface area (TPSA) is 72.6 Å². The van der Waals surface area contributed by atoms with Gasteiger partial charge in [-0.3, -0.25) is 0 Å². The summed E-state index contributed by atoms with van der Waals surface area (Å²) >= 11 is 1.51. The lowest BCUT2D eigenvalue weighted by molar-refractivity contribution is 0.0572. The fourth-order valence-corrected chi connectivity index (χ4v) is 5.21. The van der Waals surface area contributed by atoms with Crippen molar-refractivity contribution in [3.05, 3.63) is 24.3 Å². The Morgan fingerprint density at radius 1 is 1.48 bits per heavy atom. The van der Waals surface area contributed by atoms with E-state index in [-0.39, 0.29) is 11.9 Å².